The molecule has 14 heavy (non-hydrogen) atoms. The third kappa shape index (κ3) is 5.75. The number of rotatable bonds is 7. The van der Waals surface area contributed by atoms with Crippen molar-refractivity contribution in [3.8, 4) is 0 Å². The Kier molecular flexibility index (Phi) is 7.11. The van der Waals surface area contributed by atoms with Crippen LogP contribution in [0.5, 0.6) is 0 Å². The zero-order chi connectivity index (χ0) is 11.0. The van der Waals surface area contributed by atoms with E-state index in [1.165, 1.54) is 12.7 Å². The van der Waals surface area contributed by atoms with E-state index in [0.29, 0.717) is 6.42 Å². The fraction of sp³-hybridized carbons (Fsp3) is 0.727. The average molecular weight is 199 g/mol. The molecule has 0 aliphatic heterocycles. The first-order chi connectivity index (χ1) is 6.63. The van der Waals surface area contributed by atoms with E-state index in [-0.39, 0.29) is 5.97 Å². The number of esters is 1. The summed E-state index contributed by atoms with van der Waals surface area (Å²) in [7, 11) is 1.42. The van der Waals surface area contributed by atoms with Gasteiger partial charge in [-0.05, 0) is 13.0 Å². The molecule has 0 amide bonds. The average Bonchev–Trinajstić information content (AvgIpc) is 2.22. The third-order valence-electron chi connectivity index (χ3n) is 2.25. The smallest absolute Gasteiger partial charge is 0.306 e. The highest BCUT2D eigenvalue weighted by atomic mass is 16.5. The van der Waals surface area contributed by atoms with E-state index in [2.05, 4.69) is 30.1 Å². The largest absolute Gasteiger partial charge is 0.469 e. The molecule has 0 radical (unpaired) electrons. The Hall–Kier alpha value is -0.830. The van der Waals surface area contributed by atoms with Crippen LogP contribution in [0.4, 0.5) is 0 Å². The molecular weight excluding hydrogens is 178 g/mol. The lowest BCUT2D eigenvalue weighted by Crippen LogP contribution is -2.28. The van der Waals surface area contributed by atoms with Crippen LogP contribution >= 0.6 is 0 Å². The highest BCUT2D eigenvalue weighted by molar-refractivity contribution is 5.69. The number of likely N-dealkylation sites (N-methyl/N-ethyl adjacent to an activating group) is 1. The lowest BCUT2D eigenvalue weighted by atomic mass is 10.2. The van der Waals surface area contributed by atoms with Crippen LogP contribution in [-0.2, 0) is 9.53 Å². The van der Waals surface area contributed by atoms with E-state index in [0.717, 1.165) is 26.1 Å². The van der Waals surface area contributed by atoms with Gasteiger partial charge in [-0.25, -0.2) is 0 Å². The summed E-state index contributed by atoms with van der Waals surface area (Å²) in [6.45, 7) is 10.7. The number of nitrogens with zero attached hydrogens (tertiary/aromatic N) is 1. The van der Waals surface area contributed by atoms with Gasteiger partial charge in [0, 0.05) is 13.1 Å². The first-order valence-corrected chi connectivity index (χ1v) is 5.09. The lowest BCUT2D eigenvalue weighted by Gasteiger charge is -2.20. The van der Waals surface area contributed by atoms with Crippen LogP contribution in [0.15, 0.2) is 12.2 Å². The fourth-order valence-corrected chi connectivity index (χ4v) is 1.13. The van der Waals surface area contributed by atoms with Crippen molar-refractivity contribution in [1.29, 1.82) is 0 Å². The summed E-state index contributed by atoms with van der Waals surface area (Å²) >= 11 is 0. The zero-order valence-electron chi connectivity index (χ0n) is 9.51. The van der Waals surface area contributed by atoms with Crippen molar-refractivity contribution in [2.24, 2.45) is 0 Å². The molecule has 0 fully saturated rings. The van der Waals surface area contributed by atoms with Gasteiger partial charge in [-0.3, -0.25) is 9.69 Å². The molecule has 0 bridgehead atoms. The highest BCUT2D eigenvalue weighted by Gasteiger charge is 2.06. The molecule has 0 aromatic rings. The van der Waals surface area contributed by atoms with E-state index in [1.807, 2.05) is 0 Å². The number of hydrogen-bond acceptors (Lipinski definition) is 3. The molecule has 0 saturated heterocycles. The van der Waals surface area contributed by atoms with Gasteiger partial charge in [-0.15, -0.1) is 0 Å². The molecular formula is C11H21NO2. The van der Waals surface area contributed by atoms with Gasteiger partial charge in [-0.2, -0.15) is 0 Å². The first kappa shape index (κ1) is 13.2. The zero-order valence-corrected chi connectivity index (χ0v) is 9.51. The molecule has 0 atom stereocenters. The summed E-state index contributed by atoms with van der Waals surface area (Å²) < 4.78 is 4.59. The highest BCUT2D eigenvalue weighted by Crippen LogP contribution is 2.02. The molecule has 0 aliphatic carbocycles. The quantitative estimate of drug-likeness (QED) is 0.463. The molecule has 3 nitrogen and oxygen atoms in total. The molecule has 3 heteroatoms. The number of carbonyl (C=O) groups is 1. The van der Waals surface area contributed by atoms with Gasteiger partial charge in [0.25, 0.3) is 0 Å². The molecule has 0 N–H and O–H groups in total. The molecule has 0 aliphatic rings. The Morgan fingerprint density at radius 2 is 2.07 bits per heavy atom. The van der Waals surface area contributed by atoms with Crippen LogP contribution in [-0.4, -0.2) is 37.6 Å². The van der Waals surface area contributed by atoms with E-state index in [9.17, 15) is 4.79 Å². The fourth-order valence-electron chi connectivity index (χ4n) is 1.13. The van der Waals surface area contributed by atoms with Gasteiger partial charge >= 0.3 is 5.97 Å². The minimum absolute atomic E-state index is 0.148. The van der Waals surface area contributed by atoms with Crippen LogP contribution < -0.4 is 0 Å². The molecule has 0 saturated carbocycles. The molecule has 0 spiro atoms. The number of carbonyl (C=O) groups excluding carboxylic acids is 1. The second kappa shape index (κ2) is 7.56. The summed E-state index contributed by atoms with van der Waals surface area (Å²) in [5.41, 5.74) is 1.21. The van der Waals surface area contributed by atoms with Crippen molar-refractivity contribution >= 4 is 5.97 Å². The molecule has 0 rings (SSSR count). The van der Waals surface area contributed by atoms with E-state index >= 15 is 0 Å². The normalized spacial score (nSPS) is 10.3. The van der Waals surface area contributed by atoms with Gasteiger partial charge in [0.1, 0.15) is 0 Å². The predicted molar refractivity (Wildman–Crippen MR) is 58.2 cm³/mol. The van der Waals surface area contributed by atoms with Crippen LogP contribution in [0.2, 0.25) is 0 Å². The van der Waals surface area contributed by atoms with Crippen LogP contribution in [0.25, 0.3) is 0 Å². The van der Waals surface area contributed by atoms with Crippen LogP contribution in [0.3, 0.4) is 0 Å². The SMILES string of the molecule is C=C(CC)CN(CC)CCC(=O)OC. The van der Waals surface area contributed by atoms with Crippen molar-refractivity contribution in [3.05, 3.63) is 12.2 Å². The van der Waals surface area contributed by atoms with Crippen LogP contribution in [0, 0.1) is 0 Å². The molecule has 0 heterocycles. The standard InChI is InChI=1S/C11H21NO2/c1-5-10(3)9-12(6-2)8-7-11(13)14-4/h3,5-9H2,1-2,4H3. The maximum Gasteiger partial charge on any atom is 0.306 e. The number of ether oxygens (including phenoxy) is 1. The van der Waals surface area contributed by atoms with Crippen LogP contribution in [0.1, 0.15) is 26.7 Å². The Labute approximate surface area is 86.7 Å². The van der Waals surface area contributed by atoms with Gasteiger partial charge < -0.3 is 4.74 Å². The Bertz CT molecular complexity index is 190. The number of methoxy groups -OCH3 is 1. The van der Waals surface area contributed by atoms with Crippen molar-refractivity contribution in [1.82, 2.24) is 4.90 Å². The first-order valence-electron chi connectivity index (χ1n) is 5.09. The second-order valence-corrected chi connectivity index (χ2v) is 3.30. The summed E-state index contributed by atoms with van der Waals surface area (Å²) in [4.78, 5) is 13.1. The summed E-state index contributed by atoms with van der Waals surface area (Å²) in [5, 5.41) is 0. The second-order valence-electron chi connectivity index (χ2n) is 3.30. The molecule has 0 aromatic heterocycles. The Morgan fingerprint density at radius 1 is 1.43 bits per heavy atom. The molecule has 0 aromatic carbocycles. The minimum atomic E-state index is -0.148. The maximum absolute atomic E-state index is 10.9. The van der Waals surface area contributed by atoms with Gasteiger partial charge in [0.2, 0.25) is 0 Å². The van der Waals surface area contributed by atoms with E-state index in [4.69, 9.17) is 0 Å². The molecule has 82 valence electrons. The molecule has 0 unspecified atom stereocenters. The topological polar surface area (TPSA) is 29.5 Å². The maximum atomic E-state index is 10.9. The Morgan fingerprint density at radius 3 is 2.50 bits per heavy atom. The number of hydrogen-bond donors (Lipinski definition) is 0. The monoisotopic (exact) mass is 199 g/mol. The van der Waals surface area contributed by atoms with Crippen molar-refractivity contribution in [3.63, 3.8) is 0 Å². The summed E-state index contributed by atoms with van der Waals surface area (Å²) in [5.74, 6) is -0.148. The van der Waals surface area contributed by atoms with E-state index in [1.54, 1.807) is 0 Å². The third-order valence-corrected chi connectivity index (χ3v) is 2.25. The summed E-state index contributed by atoms with van der Waals surface area (Å²) in [6, 6.07) is 0. The van der Waals surface area contributed by atoms with Gasteiger partial charge in [0.05, 0.1) is 13.5 Å². The Balaban J connectivity index is 3.79. The predicted octanol–water partition coefficient (Wildman–Crippen LogP) is 1.84. The van der Waals surface area contributed by atoms with Crippen molar-refractivity contribution < 1.29 is 9.53 Å². The summed E-state index contributed by atoms with van der Waals surface area (Å²) in [6.07, 6.45) is 1.45. The van der Waals surface area contributed by atoms with Gasteiger partial charge in [-0.1, -0.05) is 26.0 Å². The van der Waals surface area contributed by atoms with Crippen molar-refractivity contribution in [2.45, 2.75) is 26.7 Å². The lowest BCUT2D eigenvalue weighted by molar-refractivity contribution is -0.140. The van der Waals surface area contributed by atoms with Crippen molar-refractivity contribution in [2.75, 3.05) is 26.7 Å². The van der Waals surface area contributed by atoms with Gasteiger partial charge in [0.15, 0.2) is 0 Å². The van der Waals surface area contributed by atoms with E-state index < -0.39 is 0 Å². The minimum Gasteiger partial charge on any atom is -0.469 e.